The number of benzene rings is 2. The second kappa shape index (κ2) is 7.76. The summed E-state index contributed by atoms with van der Waals surface area (Å²) in [5.41, 5.74) is 5.58. The van der Waals surface area contributed by atoms with Crippen molar-refractivity contribution in [3.05, 3.63) is 53.3 Å². The van der Waals surface area contributed by atoms with Crippen LogP contribution in [0.25, 0.3) is 0 Å². The van der Waals surface area contributed by atoms with Gasteiger partial charge in [0.15, 0.2) is 0 Å². The van der Waals surface area contributed by atoms with E-state index in [1.807, 2.05) is 17.8 Å². The van der Waals surface area contributed by atoms with Crippen molar-refractivity contribution in [3.8, 4) is 0 Å². The van der Waals surface area contributed by atoms with Crippen LogP contribution in [0.15, 0.2) is 41.3 Å². The second-order valence-electron chi connectivity index (χ2n) is 9.22. The average Bonchev–Trinajstić information content (AvgIpc) is 3.21. The lowest BCUT2D eigenvalue weighted by Crippen LogP contribution is -2.47. The predicted molar refractivity (Wildman–Crippen MR) is 124 cm³/mol. The summed E-state index contributed by atoms with van der Waals surface area (Å²) in [6, 6.07) is 13.0. The molecule has 0 spiro atoms. The Balaban J connectivity index is 1.11. The molecule has 0 bridgehead atoms. The summed E-state index contributed by atoms with van der Waals surface area (Å²) in [5.74, 6) is 1.80. The highest BCUT2D eigenvalue weighted by molar-refractivity contribution is 7.99. The Morgan fingerprint density at radius 3 is 3.00 bits per heavy atom. The largest absolute Gasteiger partial charge is 0.371 e. The van der Waals surface area contributed by atoms with E-state index in [1.54, 1.807) is 23.4 Å². The number of piperidine rings is 1. The fourth-order valence-corrected chi connectivity index (χ4v) is 7.19. The zero-order valence-electron chi connectivity index (χ0n) is 17.5. The van der Waals surface area contributed by atoms with Crippen molar-refractivity contribution in [3.63, 3.8) is 0 Å². The Hall–Kier alpha value is -1.72. The van der Waals surface area contributed by atoms with E-state index < -0.39 is 0 Å². The van der Waals surface area contributed by atoms with Crippen LogP contribution in [0.5, 0.6) is 0 Å². The Bertz CT molecular complexity index is 948. The van der Waals surface area contributed by atoms with Gasteiger partial charge in [0.2, 0.25) is 0 Å². The van der Waals surface area contributed by atoms with Gasteiger partial charge < -0.3 is 14.7 Å². The highest BCUT2D eigenvalue weighted by Crippen LogP contribution is 2.50. The molecular weight excluding hydrogens is 393 g/mol. The van der Waals surface area contributed by atoms with E-state index in [-0.39, 0.29) is 5.82 Å². The first-order chi connectivity index (χ1) is 14.8. The van der Waals surface area contributed by atoms with E-state index in [0.717, 1.165) is 38.2 Å². The van der Waals surface area contributed by atoms with Gasteiger partial charge in [-0.15, -0.1) is 11.8 Å². The Labute approximate surface area is 183 Å². The number of nitrogens with zero attached hydrogens (tertiary/aromatic N) is 3. The van der Waals surface area contributed by atoms with E-state index in [4.69, 9.17) is 0 Å². The molecule has 0 aromatic heterocycles. The molecule has 4 aliphatic rings. The van der Waals surface area contributed by atoms with Crippen LogP contribution in [-0.2, 0) is 6.42 Å². The van der Waals surface area contributed by atoms with Crippen molar-refractivity contribution in [1.29, 1.82) is 0 Å². The van der Waals surface area contributed by atoms with Gasteiger partial charge in [0.25, 0.3) is 0 Å². The lowest BCUT2D eigenvalue weighted by molar-refractivity contribution is 0.192. The maximum Gasteiger partial charge on any atom is 0.125 e. The zero-order valence-corrected chi connectivity index (χ0v) is 18.3. The normalized spacial score (nSPS) is 25.1. The SMILES string of the molecule is Fc1ccc2c(c1)N(CCCN1CC[C@@H]3[C@H](C1)c1cccc4c1N3CCCS4)CC2. The number of likely N-dealkylation sites (tertiary alicyclic amines) is 1. The molecule has 0 radical (unpaired) electrons. The van der Waals surface area contributed by atoms with Gasteiger partial charge in [0.05, 0.1) is 5.69 Å². The van der Waals surface area contributed by atoms with Crippen molar-refractivity contribution in [2.45, 2.75) is 42.5 Å². The van der Waals surface area contributed by atoms with Crippen molar-refractivity contribution >= 4 is 23.1 Å². The van der Waals surface area contributed by atoms with Crippen molar-refractivity contribution in [2.24, 2.45) is 0 Å². The van der Waals surface area contributed by atoms with Gasteiger partial charge in [-0.25, -0.2) is 4.39 Å². The summed E-state index contributed by atoms with van der Waals surface area (Å²) in [5, 5.41) is 0. The van der Waals surface area contributed by atoms with Crippen LogP contribution in [0.1, 0.15) is 36.3 Å². The first-order valence-electron chi connectivity index (χ1n) is 11.6. The topological polar surface area (TPSA) is 9.72 Å². The smallest absolute Gasteiger partial charge is 0.125 e. The number of hydrogen-bond donors (Lipinski definition) is 0. The van der Waals surface area contributed by atoms with Gasteiger partial charge >= 0.3 is 0 Å². The number of rotatable bonds is 4. The Morgan fingerprint density at radius 1 is 1.07 bits per heavy atom. The van der Waals surface area contributed by atoms with Crippen molar-refractivity contribution in [2.75, 3.05) is 54.8 Å². The van der Waals surface area contributed by atoms with E-state index in [2.05, 4.69) is 32.9 Å². The zero-order chi connectivity index (χ0) is 20.1. The third-order valence-electron chi connectivity index (χ3n) is 7.52. The monoisotopic (exact) mass is 423 g/mol. The van der Waals surface area contributed by atoms with Crippen molar-refractivity contribution in [1.82, 2.24) is 4.90 Å². The summed E-state index contributed by atoms with van der Waals surface area (Å²) in [7, 11) is 0. The van der Waals surface area contributed by atoms with Crippen LogP contribution >= 0.6 is 11.8 Å². The number of thioether (sulfide) groups is 1. The molecule has 2 aromatic carbocycles. The third kappa shape index (κ3) is 3.21. The van der Waals surface area contributed by atoms with Gasteiger partial charge in [-0.1, -0.05) is 18.2 Å². The minimum Gasteiger partial charge on any atom is -0.371 e. The molecule has 2 atom stereocenters. The van der Waals surface area contributed by atoms with Gasteiger partial charge in [0.1, 0.15) is 5.82 Å². The summed E-state index contributed by atoms with van der Waals surface area (Å²) in [6.07, 6.45) is 4.78. The fraction of sp³-hybridized carbons (Fsp3) is 0.520. The van der Waals surface area contributed by atoms with Crippen molar-refractivity contribution < 1.29 is 4.39 Å². The minimum atomic E-state index is -0.113. The molecule has 0 saturated carbocycles. The lowest BCUT2D eigenvalue weighted by Gasteiger charge is -2.39. The quantitative estimate of drug-likeness (QED) is 0.702. The average molecular weight is 424 g/mol. The summed E-state index contributed by atoms with van der Waals surface area (Å²) in [4.78, 5) is 9.32. The van der Waals surface area contributed by atoms with E-state index in [0.29, 0.717) is 12.0 Å². The molecule has 158 valence electrons. The Morgan fingerprint density at radius 2 is 2.03 bits per heavy atom. The summed E-state index contributed by atoms with van der Waals surface area (Å²) < 4.78 is 13.7. The molecular formula is C25H30FN3S. The maximum absolute atomic E-state index is 13.7. The second-order valence-corrected chi connectivity index (χ2v) is 10.4. The molecule has 4 heterocycles. The number of hydrogen-bond acceptors (Lipinski definition) is 4. The molecule has 30 heavy (non-hydrogen) atoms. The molecule has 0 aliphatic carbocycles. The summed E-state index contributed by atoms with van der Waals surface area (Å²) >= 11 is 2.05. The number of para-hydroxylation sites is 1. The van der Waals surface area contributed by atoms with E-state index >= 15 is 0 Å². The molecule has 0 N–H and O–H groups in total. The standard InChI is InChI=1S/C25H30FN3S/c26-19-7-6-18-8-14-28(23(18)16-19)11-2-10-27-13-9-22-21(17-27)20-4-1-5-24-25(20)29(22)12-3-15-30-24/h1,4-7,16,21-22H,2-3,8-15,17H2/t21-,22-/m1/s1. The molecule has 3 nitrogen and oxygen atoms in total. The number of fused-ring (bicyclic) bond motifs is 4. The molecule has 6 rings (SSSR count). The highest BCUT2D eigenvalue weighted by atomic mass is 32.2. The molecule has 5 heteroatoms. The molecule has 0 amide bonds. The van der Waals surface area contributed by atoms with Crippen LogP contribution in [0, 0.1) is 5.82 Å². The Kier molecular flexibility index (Phi) is 4.91. The van der Waals surface area contributed by atoms with Crippen LogP contribution < -0.4 is 9.80 Å². The first-order valence-corrected chi connectivity index (χ1v) is 12.5. The van der Waals surface area contributed by atoms with Gasteiger partial charge in [-0.2, -0.15) is 0 Å². The maximum atomic E-state index is 13.7. The van der Waals surface area contributed by atoms with Gasteiger partial charge in [-0.3, -0.25) is 0 Å². The molecule has 2 aromatic rings. The predicted octanol–water partition coefficient (Wildman–Crippen LogP) is 4.75. The summed E-state index contributed by atoms with van der Waals surface area (Å²) in [6.45, 7) is 6.83. The van der Waals surface area contributed by atoms with E-state index in [1.165, 1.54) is 48.7 Å². The molecule has 1 saturated heterocycles. The van der Waals surface area contributed by atoms with Gasteiger partial charge in [0, 0.05) is 55.3 Å². The van der Waals surface area contributed by atoms with E-state index in [9.17, 15) is 4.39 Å². The number of anilines is 2. The van der Waals surface area contributed by atoms with Crippen LogP contribution in [0.3, 0.4) is 0 Å². The highest BCUT2D eigenvalue weighted by Gasteiger charge is 2.43. The molecule has 1 fully saturated rings. The van der Waals surface area contributed by atoms with Gasteiger partial charge in [-0.05, 0) is 67.3 Å². The van der Waals surface area contributed by atoms with Crippen LogP contribution in [0.4, 0.5) is 15.8 Å². The van der Waals surface area contributed by atoms with Crippen LogP contribution in [-0.4, -0.2) is 56.0 Å². The minimum absolute atomic E-state index is 0.113. The number of halogens is 1. The van der Waals surface area contributed by atoms with Crippen LogP contribution in [0.2, 0.25) is 0 Å². The fourth-order valence-electron chi connectivity index (χ4n) is 6.15. The molecule has 0 unspecified atom stereocenters. The molecule has 4 aliphatic heterocycles. The first kappa shape index (κ1) is 19.0. The third-order valence-corrected chi connectivity index (χ3v) is 8.65. The lowest BCUT2D eigenvalue weighted by atomic mass is 9.89.